The summed E-state index contributed by atoms with van der Waals surface area (Å²) in [5.74, 6) is -4.00. The Balaban J connectivity index is 1.96. The van der Waals surface area contributed by atoms with Crippen molar-refractivity contribution >= 4 is 24.9 Å². The van der Waals surface area contributed by atoms with Crippen LogP contribution in [0.3, 0.4) is 0 Å². The highest BCUT2D eigenvalue weighted by atomic mass is 28.3. The molecule has 0 spiro atoms. The van der Waals surface area contributed by atoms with Gasteiger partial charge in [0, 0.05) is 17.7 Å². The van der Waals surface area contributed by atoms with E-state index >= 15 is 0 Å². The number of hydrogen-bond acceptors (Lipinski definition) is 8. The lowest BCUT2D eigenvalue weighted by molar-refractivity contribution is -0.384. The van der Waals surface area contributed by atoms with E-state index in [4.69, 9.17) is 10.5 Å². The largest absolute Gasteiger partial charge is 0.426 e. The highest BCUT2D eigenvalue weighted by molar-refractivity contribution is 6.91. The minimum absolute atomic E-state index is 0.00311. The first-order valence-electron chi connectivity index (χ1n) is 11.0. The Bertz CT molecular complexity index is 1060. The third-order valence-corrected chi connectivity index (χ3v) is 11.0. The second-order valence-corrected chi connectivity index (χ2v) is 13.8. The molecule has 34 heavy (non-hydrogen) atoms. The summed E-state index contributed by atoms with van der Waals surface area (Å²) >= 11 is 0. The molecule has 182 valence electrons. The number of rotatable bonds is 9. The summed E-state index contributed by atoms with van der Waals surface area (Å²) in [7, 11) is -2.24. The van der Waals surface area contributed by atoms with E-state index in [1.807, 2.05) is 36.4 Å². The Kier molecular flexibility index (Phi) is 7.69. The van der Waals surface area contributed by atoms with Gasteiger partial charge in [0.1, 0.15) is 0 Å². The van der Waals surface area contributed by atoms with Crippen LogP contribution < -0.4 is 10.9 Å². The topological polar surface area (TPSA) is 156 Å². The van der Waals surface area contributed by atoms with E-state index in [0.29, 0.717) is 12.0 Å². The number of hydrogen-bond donors (Lipinski definition) is 4. The zero-order valence-corrected chi connectivity index (χ0v) is 20.1. The van der Waals surface area contributed by atoms with Gasteiger partial charge in [-0.25, -0.2) is 0 Å². The lowest BCUT2D eigenvalue weighted by Gasteiger charge is -2.38. The highest BCUT2D eigenvalue weighted by Gasteiger charge is 2.49. The monoisotopic (exact) mass is 486 g/mol. The quantitative estimate of drug-likeness (QED) is 0.104. The molecule has 3 rings (SSSR count). The second-order valence-electron chi connectivity index (χ2n) is 9.06. The lowest BCUT2D eigenvalue weighted by atomic mass is 9.97. The minimum atomic E-state index is -2.42. The fraction of sp³-hybridized carbons (Fsp3) is 0.375. The van der Waals surface area contributed by atoms with Crippen LogP contribution in [-0.4, -0.2) is 53.5 Å². The fourth-order valence-electron chi connectivity index (χ4n) is 4.58. The first-order valence-corrected chi connectivity index (χ1v) is 14.1. The van der Waals surface area contributed by atoms with Gasteiger partial charge in [-0.15, -0.1) is 0 Å². The van der Waals surface area contributed by atoms with Gasteiger partial charge in [0.25, 0.3) is 11.5 Å². The van der Waals surface area contributed by atoms with Crippen LogP contribution in [0.15, 0.2) is 66.2 Å². The van der Waals surface area contributed by atoms with Gasteiger partial charge >= 0.3 is 5.97 Å². The molecule has 0 fully saturated rings. The average molecular weight is 487 g/mol. The van der Waals surface area contributed by atoms with Crippen LogP contribution in [0.2, 0.25) is 18.6 Å². The van der Waals surface area contributed by atoms with E-state index < -0.39 is 43.3 Å². The van der Waals surface area contributed by atoms with Crippen molar-refractivity contribution in [2.75, 3.05) is 13.2 Å². The molecule has 4 atom stereocenters. The van der Waals surface area contributed by atoms with Crippen molar-refractivity contribution in [1.29, 1.82) is 0 Å². The van der Waals surface area contributed by atoms with Gasteiger partial charge in [0.15, 0.2) is 0 Å². The molecule has 9 nitrogen and oxygen atoms in total. The highest BCUT2D eigenvalue weighted by Crippen LogP contribution is 2.45. The molecule has 0 saturated carbocycles. The number of aliphatic hydroxyl groups is 3. The van der Waals surface area contributed by atoms with Gasteiger partial charge in [0.2, 0.25) is 0 Å². The molecule has 0 radical (unpaired) electrons. The third kappa shape index (κ3) is 4.81. The van der Waals surface area contributed by atoms with Crippen LogP contribution in [0.4, 0.5) is 5.69 Å². The molecule has 0 amide bonds. The van der Waals surface area contributed by atoms with Crippen molar-refractivity contribution in [3.63, 3.8) is 0 Å². The lowest BCUT2D eigenvalue weighted by Crippen LogP contribution is -2.53. The third-order valence-electron chi connectivity index (χ3n) is 6.76. The number of nitrogens with two attached hydrogens (primary N) is 1. The standard InChI is InChI=1S/C24H30N2O7Si/c1-34(2,19-6-4-3-5-7-19)20-13-8-16(14-27)22(20)23(29)33-24(30,21(25)15-28)17-9-11-18(12-10-17)26(31)32/h3-12,20-22,27-28,30H,13-15,25H2,1-2H3/t20-,21+,22-,24+/m0/s1. The maximum atomic E-state index is 13.5. The number of carbonyl (C=O) groups is 1. The molecule has 2 aromatic carbocycles. The number of nitro benzene ring substituents is 1. The number of ether oxygens (including phenoxy) is 1. The molecule has 0 bridgehead atoms. The molecule has 1 aliphatic carbocycles. The molecule has 10 heteroatoms. The molecule has 0 aliphatic heterocycles. The molecule has 0 saturated heterocycles. The van der Waals surface area contributed by atoms with Crippen molar-refractivity contribution in [1.82, 2.24) is 0 Å². The van der Waals surface area contributed by atoms with Crippen molar-refractivity contribution in [3.8, 4) is 0 Å². The van der Waals surface area contributed by atoms with Crippen LogP contribution in [0.1, 0.15) is 12.0 Å². The predicted molar refractivity (Wildman–Crippen MR) is 129 cm³/mol. The van der Waals surface area contributed by atoms with Gasteiger partial charge in [-0.2, -0.15) is 0 Å². The summed E-state index contributed by atoms with van der Waals surface area (Å²) < 4.78 is 5.59. The van der Waals surface area contributed by atoms with Crippen LogP contribution in [-0.2, 0) is 15.3 Å². The second kappa shape index (κ2) is 10.2. The van der Waals surface area contributed by atoms with E-state index in [2.05, 4.69) is 13.1 Å². The molecule has 2 aromatic rings. The zero-order valence-electron chi connectivity index (χ0n) is 19.1. The van der Waals surface area contributed by atoms with E-state index in [9.17, 15) is 30.2 Å². The number of nitro groups is 1. The van der Waals surface area contributed by atoms with Crippen molar-refractivity contribution in [3.05, 3.63) is 81.9 Å². The molecular weight excluding hydrogens is 456 g/mol. The predicted octanol–water partition coefficient (Wildman–Crippen LogP) is 1.53. The first kappa shape index (κ1) is 25.7. The van der Waals surface area contributed by atoms with Gasteiger partial charge in [-0.3, -0.25) is 14.9 Å². The number of allylic oxidation sites excluding steroid dienone is 1. The maximum absolute atomic E-state index is 13.5. The smallest absolute Gasteiger partial charge is 0.316 e. The van der Waals surface area contributed by atoms with E-state index in [-0.39, 0.29) is 23.4 Å². The Morgan fingerprint density at radius 1 is 1.21 bits per heavy atom. The number of nitrogens with zero attached hydrogens (tertiary/aromatic N) is 1. The van der Waals surface area contributed by atoms with Crippen LogP contribution >= 0.6 is 0 Å². The average Bonchev–Trinajstić information content (AvgIpc) is 3.29. The number of non-ortho nitro benzene ring substituents is 1. The number of benzene rings is 2. The van der Waals surface area contributed by atoms with Gasteiger partial charge in [0.05, 0.1) is 38.2 Å². The number of esters is 1. The van der Waals surface area contributed by atoms with Gasteiger partial charge in [-0.1, -0.05) is 54.7 Å². The van der Waals surface area contributed by atoms with Crippen LogP contribution in [0, 0.1) is 16.0 Å². The normalized spacial score (nSPS) is 20.8. The zero-order chi connectivity index (χ0) is 25.1. The Labute approximate surface area is 198 Å². The van der Waals surface area contributed by atoms with Crippen molar-refractivity contribution < 1.29 is 29.8 Å². The fourth-order valence-corrected chi connectivity index (χ4v) is 7.95. The van der Waals surface area contributed by atoms with E-state index in [0.717, 1.165) is 17.3 Å². The summed E-state index contributed by atoms with van der Waals surface area (Å²) in [6.45, 7) is 3.24. The molecule has 5 N–H and O–H groups in total. The van der Waals surface area contributed by atoms with Gasteiger partial charge < -0.3 is 25.8 Å². The van der Waals surface area contributed by atoms with E-state index in [1.165, 1.54) is 12.1 Å². The first-order chi connectivity index (χ1) is 16.1. The van der Waals surface area contributed by atoms with Crippen molar-refractivity contribution in [2.24, 2.45) is 11.7 Å². The van der Waals surface area contributed by atoms with Crippen molar-refractivity contribution in [2.45, 2.75) is 36.9 Å². The number of carbonyl (C=O) groups excluding carboxylic acids is 1. The van der Waals surface area contributed by atoms with Crippen LogP contribution in [0.5, 0.6) is 0 Å². The minimum Gasteiger partial charge on any atom is -0.426 e. The summed E-state index contributed by atoms with van der Waals surface area (Å²) in [5.41, 5.74) is 6.09. The Morgan fingerprint density at radius 2 is 1.82 bits per heavy atom. The maximum Gasteiger partial charge on any atom is 0.316 e. The summed E-state index contributed by atoms with van der Waals surface area (Å²) in [4.78, 5) is 23.9. The summed E-state index contributed by atoms with van der Waals surface area (Å²) in [6, 6.07) is 13.2. The Morgan fingerprint density at radius 3 is 2.35 bits per heavy atom. The molecular formula is C24H30N2O7Si. The molecule has 0 heterocycles. The summed E-state index contributed by atoms with van der Waals surface area (Å²) in [5, 5.41) is 43.0. The summed E-state index contributed by atoms with van der Waals surface area (Å²) in [6.07, 6.45) is 2.41. The van der Waals surface area contributed by atoms with Crippen LogP contribution in [0.25, 0.3) is 0 Å². The SMILES string of the molecule is C[Si](C)(c1ccccc1)[C@H]1CC=C(CO)[C@@H]1C(=O)O[C@](O)(c1ccc([N+](=O)[O-])cc1)[C@H](N)CO. The number of aliphatic hydroxyl groups excluding tert-OH is 2. The molecule has 0 unspecified atom stereocenters. The van der Waals surface area contributed by atoms with Gasteiger partial charge in [-0.05, 0) is 29.7 Å². The molecule has 0 aromatic heterocycles. The Hall–Kier alpha value is -2.89. The molecule has 1 aliphatic rings. The van der Waals surface area contributed by atoms with E-state index in [1.54, 1.807) is 0 Å².